The molecule has 0 radical (unpaired) electrons. The van der Waals surface area contributed by atoms with Gasteiger partial charge in [-0.25, -0.2) is 4.39 Å². The summed E-state index contributed by atoms with van der Waals surface area (Å²) in [6, 6.07) is 11.9. The Morgan fingerprint density at radius 2 is 1.90 bits per heavy atom. The second-order valence-corrected chi connectivity index (χ2v) is 4.41. The van der Waals surface area contributed by atoms with Gasteiger partial charge in [-0.2, -0.15) is 0 Å². The van der Waals surface area contributed by atoms with Crippen LogP contribution in [0.2, 0.25) is 0 Å². The van der Waals surface area contributed by atoms with Crippen LogP contribution >= 0.6 is 0 Å². The summed E-state index contributed by atoms with van der Waals surface area (Å²) in [4.78, 5) is 10.5. The lowest BCUT2D eigenvalue weighted by molar-refractivity contribution is -0.136. The van der Waals surface area contributed by atoms with Gasteiger partial charge in [0.1, 0.15) is 11.6 Å². The van der Waals surface area contributed by atoms with Crippen molar-refractivity contribution < 1.29 is 19.0 Å². The van der Waals surface area contributed by atoms with E-state index in [0.29, 0.717) is 23.3 Å². The topological polar surface area (TPSA) is 46.5 Å². The number of ether oxygens (including phenoxy) is 1. The van der Waals surface area contributed by atoms with E-state index in [0.717, 1.165) is 5.56 Å². The third kappa shape index (κ3) is 3.15. The molecule has 0 atom stereocenters. The normalized spacial score (nSPS) is 10.3. The third-order valence-electron chi connectivity index (χ3n) is 3.07. The molecule has 2 aromatic rings. The lowest BCUT2D eigenvalue weighted by Gasteiger charge is -2.10. The van der Waals surface area contributed by atoms with Crippen molar-refractivity contribution in [2.45, 2.75) is 12.8 Å². The first-order valence-electron chi connectivity index (χ1n) is 6.25. The van der Waals surface area contributed by atoms with Gasteiger partial charge >= 0.3 is 5.97 Å². The maximum absolute atomic E-state index is 13.9. The van der Waals surface area contributed by atoms with Crippen molar-refractivity contribution in [1.82, 2.24) is 0 Å². The first kappa shape index (κ1) is 14.1. The first-order chi connectivity index (χ1) is 9.61. The number of aliphatic carboxylic acids is 1. The molecule has 1 N–H and O–H groups in total. The minimum atomic E-state index is -0.829. The van der Waals surface area contributed by atoms with E-state index in [-0.39, 0.29) is 12.2 Å². The Hall–Kier alpha value is -2.36. The SMILES string of the molecule is COc1cccc(F)c1-c1ccc(CCC(=O)O)cc1. The zero-order chi connectivity index (χ0) is 14.5. The maximum atomic E-state index is 13.9. The van der Waals surface area contributed by atoms with E-state index in [4.69, 9.17) is 9.84 Å². The Morgan fingerprint density at radius 1 is 1.20 bits per heavy atom. The highest BCUT2D eigenvalue weighted by atomic mass is 19.1. The Labute approximate surface area is 116 Å². The minimum absolute atomic E-state index is 0.0857. The van der Waals surface area contributed by atoms with Gasteiger partial charge in [0, 0.05) is 6.42 Å². The fourth-order valence-electron chi connectivity index (χ4n) is 2.04. The lowest BCUT2D eigenvalue weighted by atomic mass is 10.0. The summed E-state index contributed by atoms with van der Waals surface area (Å²) in [5, 5.41) is 8.65. The number of rotatable bonds is 5. The molecule has 0 aliphatic heterocycles. The van der Waals surface area contributed by atoms with Crippen molar-refractivity contribution in [3.05, 3.63) is 53.8 Å². The molecular weight excluding hydrogens is 259 g/mol. The van der Waals surface area contributed by atoms with Gasteiger partial charge in [-0.05, 0) is 29.7 Å². The van der Waals surface area contributed by atoms with E-state index in [2.05, 4.69) is 0 Å². The zero-order valence-corrected chi connectivity index (χ0v) is 11.1. The molecule has 2 aromatic carbocycles. The molecule has 0 spiro atoms. The van der Waals surface area contributed by atoms with Gasteiger partial charge in [0.05, 0.1) is 12.7 Å². The molecule has 0 heterocycles. The Bertz CT molecular complexity index is 606. The maximum Gasteiger partial charge on any atom is 0.303 e. The number of carboxylic acid groups (broad SMARTS) is 1. The Kier molecular flexibility index (Phi) is 4.35. The highest BCUT2D eigenvalue weighted by Crippen LogP contribution is 2.32. The van der Waals surface area contributed by atoms with Crippen LogP contribution in [0.25, 0.3) is 11.1 Å². The molecule has 3 nitrogen and oxygen atoms in total. The van der Waals surface area contributed by atoms with Gasteiger partial charge in [-0.3, -0.25) is 4.79 Å². The second-order valence-electron chi connectivity index (χ2n) is 4.41. The number of hydrogen-bond acceptors (Lipinski definition) is 2. The van der Waals surface area contributed by atoms with Crippen molar-refractivity contribution >= 4 is 5.97 Å². The van der Waals surface area contributed by atoms with Crippen molar-refractivity contribution in [1.29, 1.82) is 0 Å². The number of hydrogen-bond donors (Lipinski definition) is 1. The van der Waals surface area contributed by atoms with Gasteiger partial charge in [-0.15, -0.1) is 0 Å². The Morgan fingerprint density at radius 3 is 2.50 bits per heavy atom. The number of carboxylic acids is 1. The van der Waals surface area contributed by atoms with E-state index in [1.165, 1.54) is 13.2 Å². The predicted molar refractivity (Wildman–Crippen MR) is 74.3 cm³/mol. The predicted octanol–water partition coefficient (Wildman–Crippen LogP) is 3.52. The monoisotopic (exact) mass is 274 g/mol. The van der Waals surface area contributed by atoms with Gasteiger partial charge < -0.3 is 9.84 Å². The van der Waals surface area contributed by atoms with Crippen LogP contribution in [0.4, 0.5) is 4.39 Å². The number of carbonyl (C=O) groups is 1. The molecule has 0 unspecified atom stereocenters. The van der Waals surface area contributed by atoms with Crippen molar-refractivity contribution in [3.63, 3.8) is 0 Å². The molecule has 2 rings (SSSR count). The largest absolute Gasteiger partial charge is 0.496 e. The summed E-state index contributed by atoms with van der Waals surface area (Å²) >= 11 is 0. The summed E-state index contributed by atoms with van der Waals surface area (Å²) in [5.74, 6) is -0.698. The molecule has 0 aliphatic carbocycles. The number of methoxy groups -OCH3 is 1. The molecule has 0 saturated heterocycles. The first-order valence-corrected chi connectivity index (χ1v) is 6.25. The molecule has 0 amide bonds. The molecule has 0 fully saturated rings. The molecule has 20 heavy (non-hydrogen) atoms. The van der Waals surface area contributed by atoms with Gasteiger partial charge in [0.15, 0.2) is 0 Å². The molecule has 104 valence electrons. The van der Waals surface area contributed by atoms with Crippen LogP contribution in [0.3, 0.4) is 0 Å². The summed E-state index contributed by atoms with van der Waals surface area (Å²) in [7, 11) is 1.50. The van der Waals surface area contributed by atoms with E-state index < -0.39 is 5.97 Å². The molecular formula is C16H15FO3. The third-order valence-corrected chi connectivity index (χ3v) is 3.07. The fraction of sp³-hybridized carbons (Fsp3) is 0.188. The van der Waals surface area contributed by atoms with Crippen LogP contribution in [-0.2, 0) is 11.2 Å². The van der Waals surface area contributed by atoms with Crippen LogP contribution in [-0.4, -0.2) is 18.2 Å². The van der Waals surface area contributed by atoms with E-state index in [9.17, 15) is 9.18 Å². The van der Waals surface area contributed by atoms with Crippen molar-refractivity contribution in [2.75, 3.05) is 7.11 Å². The summed E-state index contributed by atoms with van der Waals surface area (Å²) in [6.45, 7) is 0. The van der Waals surface area contributed by atoms with Crippen molar-refractivity contribution in [3.8, 4) is 16.9 Å². The van der Waals surface area contributed by atoms with Crippen LogP contribution in [0.1, 0.15) is 12.0 Å². The van der Waals surface area contributed by atoms with Gasteiger partial charge in [0.25, 0.3) is 0 Å². The average Bonchev–Trinajstić information content (AvgIpc) is 2.45. The smallest absolute Gasteiger partial charge is 0.303 e. The number of halogens is 1. The number of aryl methyl sites for hydroxylation is 1. The minimum Gasteiger partial charge on any atom is -0.496 e. The Balaban J connectivity index is 2.28. The fourth-order valence-corrected chi connectivity index (χ4v) is 2.04. The number of benzene rings is 2. The summed E-state index contributed by atoms with van der Waals surface area (Å²) in [5.41, 5.74) is 2.03. The van der Waals surface area contributed by atoms with Gasteiger partial charge in [0.2, 0.25) is 0 Å². The summed E-state index contributed by atoms with van der Waals surface area (Å²) in [6.07, 6.45) is 0.548. The average molecular weight is 274 g/mol. The van der Waals surface area contributed by atoms with Crippen LogP contribution < -0.4 is 4.74 Å². The molecule has 0 saturated carbocycles. The van der Waals surface area contributed by atoms with E-state index in [1.807, 2.05) is 12.1 Å². The highest BCUT2D eigenvalue weighted by Gasteiger charge is 2.11. The van der Waals surface area contributed by atoms with E-state index >= 15 is 0 Å². The van der Waals surface area contributed by atoms with Gasteiger partial charge in [-0.1, -0.05) is 30.3 Å². The van der Waals surface area contributed by atoms with Crippen molar-refractivity contribution in [2.24, 2.45) is 0 Å². The quantitative estimate of drug-likeness (QED) is 0.907. The highest BCUT2D eigenvalue weighted by molar-refractivity contribution is 5.71. The second kappa shape index (κ2) is 6.19. The molecule has 0 bridgehead atoms. The van der Waals surface area contributed by atoms with Crippen LogP contribution in [0.5, 0.6) is 5.75 Å². The molecule has 0 aliphatic rings. The zero-order valence-electron chi connectivity index (χ0n) is 11.1. The molecule has 0 aromatic heterocycles. The standard InChI is InChI=1S/C16H15FO3/c1-20-14-4-2-3-13(17)16(14)12-8-5-11(6-9-12)7-10-15(18)19/h2-6,8-9H,7,10H2,1H3,(H,18,19). The summed E-state index contributed by atoms with van der Waals surface area (Å²) < 4.78 is 19.1. The molecule has 4 heteroatoms. The lowest BCUT2D eigenvalue weighted by Crippen LogP contribution is -1.97. The van der Waals surface area contributed by atoms with Crippen LogP contribution in [0.15, 0.2) is 42.5 Å². The van der Waals surface area contributed by atoms with E-state index in [1.54, 1.807) is 24.3 Å². The van der Waals surface area contributed by atoms with Crippen LogP contribution in [0, 0.1) is 5.82 Å².